The van der Waals surface area contributed by atoms with Crippen molar-refractivity contribution in [3.8, 4) is 0 Å². The molecule has 0 spiro atoms. The lowest BCUT2D eigenvalue weighted by molar-refractivity contribution is -0.125. The Morgan fingerprint density at radius 3 is 2.44 bits per heavy atom. The van der Waals surface area contributed by atoms with Gasteiger partial charge in [0.05, 0.1) is 40.4 Å². The number of oxime groups is 1. The quantitative estimate of drug-likeness (QED) is 0.462. The van der Waals surface area contributed by atoms with Crippen LogP contribution in [0.25, 0.3) is 0 Å². The number of amides is 2. The second kappa shape index (κ2) is 7.82. The number of halogens is 2. The van der Waals surface area contributed by atoms with E-state index >= 15 is 0 Å². The van der Waals surface area contributed by atoms with Crippen molar-refractivity contribution in [2.75, 3.05) is 11.5 Å². The molecule has 7 nitrogen and oxygen atoms in total. The van der Waals surface area contributed by atoms with Gasteiger partial charge in [0.15, 0.2) is 0 Å². The van der Waals surface area contributed by atoms with Crippen LogP contribution in [0.4, 0.5) is 5.69 Å². The predicted octanol–water partition coefficient (Wildman–Crippen LogP) is 4.34. The summed E-state index contributed by atoms with van der Waals surface area (Å²) in [6, 6.07) is 11.6. The van der Waals surface area contributed by atoms with Crippen LogP contribution in [0.15, 0.2) is 47.6 Å². The molecule has 2 aliphatic carbocycles. The molecule has 3 fully saturated rings. The van der Waals surface area contributed by atoms with Crippen LogP contribution in [-0.2, 0) is 19.2 Å². The fourth-order valence-corrected chi connectivity index (χ4v) is 6.77. The van der Waals surface area contributed by atoms with Crippen LogP contribution in [0.3, 0.4) is 0 Å². The largest absolute Gasteiger partial charge is 0.462 e. The Morgan fingerprint density at radius 2 is 1.76 bits per heavy atom. The molecule has 174 valence electrons. The van der Waals surface area contributed by atoms with Crippen molar-refractivity contribution in [2.24, 2.45) is 34.7 Å². The number of esters is 1. The maximum atomic E-state index is 13.5. The van der Waals surface area contributed by atoms with Gasteiger partial charge in [0.25, 0.3) is 0 Å². The fraction of sp³-hybridized carbons (Fsp3) is 0.360. The lowest BCUT2D eigenvalue weighted by Crippen LogP contribution is -2.41. The van der Waals surface area contributed by atoms with Crippen molar-refractivity contribution in [1.82, 2.24) is 0 Å². The third-order valence-corrected chi connectivity index (χ3v) is 8.08. The summed E-state index contributed by atoms with van der Waals surface area (Å²) >= 11 is 12.5. The zero-order valence-corrected chi connectivity index (χ0v) is 19.6. The lowest BCUT2D eigenvalue weighted by Gasteiger charge is -2.30. The second-order valence-corrected chi connectivity index (χ2v) is 9.93. The highest BCUT2D eigenvalue weighted by molar-refractivity contribution is 6.37. The Hall–Kier alpha value is -2.90. The molecule has 34 heavy (non-hydrogen) atoms. The number of carbonyl (C=O) groups is 3. The summed E-state index contributed by atoms with van der Waals surface area (Å²) in [6.45, 7) is 2.00. The van der Waals surface area contributed by atoms with E-state index in [2.05, 4.69) is 5.16 Å². The highest BCUT2D eigenvalue weighted by Gasteiger charge is 2.70. The summed E-state index contributed by atoms with van der Waals surface area (Å²) < 4.78 is 5.01. The Labute approximate surface area is 205 Å². The first-order valence-corrected chi connectivity index (χ1v) is 12.0. The van der Waals surface area contributed by atoms with E-state index < -0.39 is 17.8 Å². The molecule has 2 amide bonds. The lowest BCUT2D eigenvalue weighted by atomic mass is 9.71. The van der Waals surface area contributed by atoms with Crippen molar-refractivity contribution in [2.45, 2.75) is 19.4 Å². The number of benzene rings is 2. The van der Waals surface area contributed by atoms with Crippen molar-refractivity contribution in [3.05, 3.63) is 63.6 Å². The van der Waals surface area contributed by atoms with Gasteiger partial charge in [-0.2, -0.15) is 0 Å². The highest BCUT2D eigenvalue weighted by Crippen LogP contribution is 2.62. The van der Waals surface area contributed by atoms with Crippen LogP contribution >= 0.6 is 23.2 Å². The summed E-state index contributed by atoms with van der Waals surface area (Å²) in [5.74, 6) is -1.99. The molecule has 9 heteroatoms. The van der Waals surface area contributed by atoms with Crippen molar-refractivity contribution in [1.29, 1.82) is 0 Å². The molecule has 0 aromatic heterocycles. The van der Waals surface area contributed by atoms with Crippen LogP contribution in [0.2, 0.25) is 10.0 Å². The summed E-state index contributed by atoms with van der Waals surface area (Å²) in [5, 5.41) is 5.33. The molecule has 0 N–H and O–H groups in total. The third kappa shape index (κ3) is 2.96. The zero-order valence-electron chi connectivity index (χ0n) is 18.1. The number of imide groups is 1. The topological polar surface area (TPSA) is 85.3 Å². The van der Waals surface area contributed by atoms with Gasteiger partial charge in [-0.25, -0.2) is 4.79 Å². The smallest absolute Gasteiger partial charge is 0.338 e. The molecular weight excluding hydrogens is 479 g/mol. The Morgan fingerprint density at radius 1 is 1.06 bits per heavy atom. The molecule has 0 radical (unpaired) electrons. The third-order valence-electron chi connectivity index (χ3n) is 7.53. The molecule has 2 aliphatic heterocycles. The highest BCUT2D eigenvalue weighted by atomic mass is 35.5. The van der Waals surface area contributed by atoms with Crippen LogP contribution in [0, 0.1) is 29.6 Å². The number of carbonyl (C=O) groups excluding carboxylic acids is 3. The molecule has 2 saturated carbocycles. The van der Waals surface area contributed by atoms with Gasteiger partial charge >= 0.3 is 5.97 Å². The first-order valence-electron chi connectivity index (χ1n) is 11.2. The molecule has 6 rings (SSSR count). The molecule has 6 atom stereocenters. The Kier molecular flexibility index (Phi) is 4.97. The van der Waals surface area contributed by atoms with Crippen LogP contribution in [0.1, 0.15) is 29.3 Å². The monoisotopic (exact) mass is 498 g/mol. The van der Waals surface area contributed by atoms with E-state index in [4.69, 9.17) is 32.8 Å². The molecular formula is C25H20Cl2N2O5. The normalized spacial score (nSPS) is 30.8. The van der Waals surface area contributed by atoms with E-state index in [0.717, 1.165) is 17.7 Å². The molecule has 2 aromatic carbocycles. The van der Waals surface area contributed by atoms with Gasteiger partial charge in [0.2, 0.25) is 11.8 Å². The minimum Gasteiger partial charge on any atom is -0.462 e. The SMILES string of the molecule is CCOC(=O)c1ccc(N2C(=O)[C@@H]3[C@H]4C[C@@H]([C@@H]5C(c6ccc(Cl)cc6Cl)=NO[C@H]45)[C@@H]3C2=O)cc1. The fourth-order valence-electron chi connectivity index (χ4n) is 6.26. The Balaban J connectivity index is 1.29. The van der Waals surface area contributed by atoms with E-state index in [1.54, 1.807) is 43.3 Å². The molecule has 4 aliphatic rings. The maximum Gasteiger partial charge on any atom is 0.338 e. The minimum atomic E-state index is -0.444. The number of ether oxygens (including phenoxy) is 1. The molecule has 2 bridgehead atoms. The van der Waals surface area contributed by atoms with Crippen LogP contribution in [0.5, 0.6) is 0 Å². The number of nitrogens with zero attached hydrogens (tertiary/aromatic N) is 2. The van der Waals surface area contributed by atoms with Crippen LogP contribution < -0.4 is 4.90 Å². The molecule has 2 heterocycles. The van der Waals surface area contributed by atoms with Gasteiger partial charge < -0.3 is 9.57 Å². The van der Waals surface area contributed by atoms with Crippen molar-refractivity contribution >= 4 is 52.4 Å². The molecule has 2 aromatic rings. The Bertz CT molecular complexity index is 1260. The van der Waals surface area contributed by atoms with E-state index in [9.17, 15) is 14.4 Å². The van der Waals surface area contributed by atoms with E-state index in [0.29, 0.717) is 21.3 Å². The van der Waals surface area contributed by atoms with Crippen molar-refractivity contribution < 1.29 is 24.0 Å². The first kappa shape index (κ1) is 21.6. The van der Waals surface area contributed by atoms with E-state index in [1.165, 1.54) is 4.90 Å². The number of anilines is 1. The first-order chi connectivity index (χ1) is 16.4. The maximum absolute atomic E-state index is 13.5. The summed E-state index contributed by atoms with van der Waals surface area (Å²) in [4.78, 5) is 46.0. The number of hydrogen-bond donors (Lipinski definition) is 0. The average Bonchev–Trinajstić information content (AvgIpc) is 3.55. The summed E-state index contributed by atoms with van der Waals surface area (Å²) in [5.41, 5.74) is 2.28. The van der Waals surface area contributed by atoms with Gasteiger partial charge in [-0.3, -0.25) is 14.5 Å². The zero-order chi connectivity index (χ0) is 23.7. The second-order valence-electron chi connectivity index (χ2n) is 9.09. The number of rotatable bonds is 4. The standard InChI is InChI=1S/C25H20Cl2N2O5/c1-2-33-25(32)11-3-6-13(7-4-11)29-23(30)18-15-10-16(19(18)24(29)31)22-20(15)21(28-34-22)14-8-5-12(26)9-17(14)27/h3-9,15-16,18-20,22H,2,10H2,1H3/t15-,16-,18+,19-,20-,22-/m1/s1. The molecule has 0 unspecified atom stereocenters. The van der Waals surface area contributed by atoms with Gasteiger partial charge in [-0.05, 0) is 55.7 Å². The number of fused-ring (bicyclic) bond motifs is 8. The average molecular weight is 499 g/mol. The van der Waals surface area contributed by atoms with Gasteiger partial charge in [-0.15, -0.1) is 0 Å². The van der Waals surface area contributed by atoms with Crippen LogP contribution in [-0.4, -0.2) is 36.2 Å². The van der Waals surface area contributed by atoms with Gasteiger partial charge in [-0.1, -0.05) is 34.4 Å². The van der Waals surface area contributed by atoms with Crippen molar-refractivity contribution in [3.63, 3.8) is 0 Å². The minimum absolute atomic E-state index is 0.0618. The molecule has 1 saturated heterocycles. The van der Waals surface area contributed by atoms with E-state index in [1.807, 2.05) is 6.07 Å². The number of hydrogen-bond acceptors (Lipinski definition) is 6. The summed E-state index contributed by atoms with van der Waals surface area (Å²) in [7, 11) is 0. The van der Waals surface area contributed by atoms with Gasteiger partial charge in [0, 0.05) is 22.4 Å². The van der Waals surface area contributed by atoms with Gasteiger partial charge in [0.1, 0.15) is 6.10 Å². The predicted molar refractivity (Wildman–Crippen MR) is 125 cm³/mol. The summed E-state index contributed by atoms with van der Waals surface area (Å²) in [6.07, 6.45) is 0.484. The van der Waals surface area contributed by atoms with E-state index in [-0.39, 0.29) is 42.3 Å².